The van der Waals surface area contributed by atoms with Crippen LogP contribution in [0, 0.1) is 30.8 Å². The molecule has 3 nitrogen and oxygen atoms in total. The van der Waals surface area contributed by atoms with Crippen LogP contribution >= 0.6 is 11.3 Å². The van der Waals surface area contributed by atoms with Gasteiger partial charge in [-0.1, -0.05) is 157 Å². The third kappa shape index (κ3) is 9.94. The third-order valence-corrected chi connectivity index (χ3v) is 15.5. The van der Waals surface area contributed by atoms with Gasteiger partial charge in [-0.15, -0.1) is 53.6 Å². The molecule has 3 heterocycles. The second-order valence-electron chi connectivity index (χ2n) is 19.8. The molecule has 10 rings (SSSR count). The monoisotopic (exact) mass is 1090 g/mol. The molecule has 0 aliphatic rings. The number of pyridine rings is 1. The van der Waals surface area contributed by atoms with Crippen molar-refractivity contribution in [1.82, 2.24) is 14.5 Å². The third-order valence-electron chi connectivity index (χ3n) is 12.3. The minimum atomic E-state index is -1.34. The zero-order chi connectivity index (χ0) is 46.3. The summed E-state index contributed by atoms with van der Waals surface area (Å²) in [7, 11) is -1.34. The molecular formula is C60H56FIrN3SSi-2. The van der Waals surface area contributed by atoms with Crippen LogP contribution in [0.1, 0.15) is 51.3 Å². The summed E-state index contributed by atoms with van der Waals surface area (Å²) in [4.78, 5) is 9.98. The van der Waals surface area contributed by atoms with Gasteiger partial charge >= 0.3 is 0 Å². The number of halogens is 1. The van der Waals surface area contributed by atoms with Crippen LogP contribution in [0.3, 0.4) is 0 Å². The Kier molecular flexibility index (Phi) is 13.8. The van der Waals surface area contributed by atoms with Gasteiger partial charge in [-0.3, -0.25) is 4.98 Å². The largest absolute Gasteiger partial charge is 0.333 e. The summed E-state index contributed by atoms with van der Waals surface area (Å²) in [5.41, 5.74) is 14.5. The molecule has 0 N–H and O–H groups in total. The molecule has 339 valence electrons. The summed E-state index contributed by atoms with van der Waals surface area (Å²) < 4.78 is 18.3. The van der Waals surface area contributed by atoms with Gasteiger partial charge in [0.1, 0.15) is 5.82 Å². The van der Waals surface area contributed by atoms with Gasteiger partial charge in [0.05, 0.1) is 24.9 Å². The van der Waals surface area contributed by atoms with Gasteiger partial charge < -0.3 is 9.55 Å². The number of imidazole rings is 1. The van der Waals surface area contributed by atoms with E-state index >= 15 is 0 Å². The van der Waals surface area contributed by atoms with E-state index in [1.807, 2.05) is 30.3 Å². The first-order chi connectivity index (χ1) is 31.6. The number of hydrogen-bond acceptors (Lipinski definition) is 3. The zero-order valence-electron chi connectivity index (χ0n) is 39.8. The summed E-state index contributed by atoms with van der Waals surface area (Å²) in [6.07, 6.45) is 3.24. The minimum Gasteiger partial charge on any atom is -0.333 e. The molecule has 0 atom stereocenters. The zero-order valence-corrected chi connectivity index (χ0v) is 44.0. The predicted octanol–water partition coefficient (Wildman–Crippen LogP) is 16.2. The van der Waals surface area contributed by atoms with Crippen molar-refractivity contribution in [1.29, 1.82) is 0 Å². The van der Waals surface area contributed by atoms with E-state index in [1.165, 1.54) is 60.6 Å². The van der Waals surface area contributed by atoms with Crippen LogP contribution in [-0.2, 0) is 31.9 Å². The standard InChI is InChI=1S/C42H32FN2S.C18H24NSi.Ir/c1-26-14-21-33(40-39(26)32-22-17-29(24-38(32)46-40)27-15-19-31(43)20-16-27)41-44-35-12-8-9-13-37(35)45(41)36-23-18-30(42(2,3)4)25-34(36)28-10-6-5-7-11-28;1-14(2)11-16-12-17(15-9-7-6-8-10-15)19-13-18(16)20(3,4)5;/h5-20,22-25H,1-4H3;6-9,12-14H,11H2,1-5H3;/q2*-1;. The van der Waals surface area contributed by atoms with Gasteiger partial charge in [-0.2, -0.15) is 11.3 Å². The summed E-state index contributed by atoms with van der Waals surface area (Å²) in [5.74, 6) is 1.31. The summed E-state index contributed by atoms with van der Waals surface area (Å²) in [6, 6.07) is 58.5. The van der Waals surface area contributed by atoms with Gasteiger partial charge in [0.25, 0.3) is 0 Å². The van der Waals surface area contributed by atoms with E-state index in [-0.39, 0.29) is 31.3 Å². The Balaban J connectivity index is 0.000000244. The average molecular weight is 1090 g/mol. The first-order valence-corrected chi connectivity index (χ1v) is 27.2. The molecule has 67 heavy (non-hydrogen) atoms. The Morgan fingerprint density at radius 2 is 1.48 bits per heavy atom. The van der Waals surface area contributed by atoms with Crippen LogP contribution in [0.2, 0.25) is 19.6 Å². The molecule has 1 radical (unpaired) electrons. The summed E-state index contributed by atoms with van der Waals surface area (Å²) >= 11 is 1.77. The van der Waals surface area contributed by atoms with Gasteiger partial charge in [0.2, 0.25) is 0 Å². The number of hydrogen-bond donors (Lipinski definition) is 0. The van der Waals surface area contributed by atoms with E-state index in [0.717, 1.165) is 61.6 Å². The second-order valence-corrected chi connectivity index (χ2v) is 25.9. The topological polar surface area (TPSA) is 30.7 Å². The number of thiophene rings is 1. The van der Waals surface area contributed by atoms with Crippen molar-refractivity contribution in [2.75, 3.05) is 0 Å². The van der Waals surface area contributed by atoms with Crippen LogP contribution in [0.5, 0.6) is 0 Å². The van der Waals surface area contributed by atoms with E-state index in [1.54, 1.807) is 11.3 Å². The quantitative estimate of drug-likeness (QED) is 0.112. The molecule has 7 aromatic carbocycles. The van der Waals surface area contributed by atoms with Crippen molar-refractivity contribution < 1.29 is 24.5 Å². The molecule has 0 aliphatic heterocycles. The Labute approximate surface area is 414 Å². The predicted molar refractivity (Wildman–Crippen MR) is 283 cm³/mol. The molecular weight excluding hydrogens is 1030 g/mol. The Hall–Kier alpha value is -5.82. The van der Waals surface area contributed by atoms with Gasteiger partial charge in [-0.05, 0) is 103 Å². The number of nitrogens with zero attached hydrogens (tertiary/aromatic N) is 3. The van der Waals surface area contributed by atoms with Crippen LogP contribution in [0.4, 0.5) is 4.39 Å². The summed E-state index contributed by atoms with van der Waals surface area (Å²) in [6.45, 7) is 20.7. The SMILES string of the molecule is CC(C)Cc1cc(-c2[c-]cccc2)ncc1[Si](C)(C)C.Cc1c[c-]c(-c2nc3ccccc3n2-c2ccc(C(C)(C)C)cc2-c2ccccc2)c2sc3cc(-c4ccc(F)cc4)ccc3c12.[Ir]. The van der Waals surface area contributed by atoms with Crippen molar-refractivity contribution in [3.8, 4) is 50.6 Å². The number of aromatic nitrogens is 3. The molecule has 0 amide bonds. The molecule has 7 heteroatoms. The second kappa shape index (κ2) is 19.4. The maximum absolute atomic E-state index is 13.7. The van der Waals surface area contributed by atoms with E-state index in [2.05, 4.69) is 198 Å². The van der Waals surface area contributed by atoms with Crippen LogP contribution < -0.4 is 5.19 Å². The molecule has 0 fully saturated rings. The van der Waals surface area contributed by atoms with Gasteiger partial charge in [0.15, 0.2) is 0 Å². The Morgan fingerprint density at radius 1 is 0.761 bits per heavy atom. The van der Waals surface area contributed by atoms with E-state index < -0.39 is 8.07 Å². The molecule has 0 unspecified atom stereocenters. The van der Waals surface area contributed by atoms with Crippen molar-refractivity contribution in [2.24, 2.45) is 5.92 Å². The molecule has 0 bridgehead atoms. The number of aryl methyl sites for hydroxylation is 1. The number of para-hydroxylation sites is 2. The van der Waals surface area contributed by atoms with Gasteiger partial charge in [0, 0.05) is 42.3 Å². The fraction of sp³-hybridized carbons (Fsp3) is 0.200. The molecule has 0 saturated heterocycles. The fourth-order valence-electron chi connectivity index (χ4n) is 8.94. The molecule has 0 spiro atoms. The maximum atomic E-state index is 13.7. The minimum absolute atomic E-state index is 0. The van der Waals surface area contributed by atoms with Crippen molar-refractivity contribution >= 4 is 55.8 Å². The number of benzene rings is 7. The van der Waals surface area contributed by atoms with Gasteiger partial charge in [-0.25, -0.2) is 4.39 Å². The first-order valence-electron chi connectivity index (χ1n) is 22.9. The fourth-order valence-corrected chi connectivity index (χ4v) is 11.8. The number of fused-ring (bicyclic) bond motifs is 4. The van der Waals surface area contributed by atoms with E-state index in [4.69, 9.17) is 4.98 Å². The van der Waals surface area contributed by atoms with Crippen LogP contribution in [0.25, 0.3) is 81.8 Å². The molecule has 0 aliphatic carbocycles. The average Bonchev–Trinajstić information content (AvgIpc) is 3.88. The first kappa shape index (κ1) is 47.7. The molecule has 3 aromatic heterocycles. The van der Waals surface area contributed by atoms with Crippen molar-refractivity contribution in [3.05, 3.63) is 192 Å². The summed E-state index contributed by atoms with van der Waals surface area (Å²) in [5, 5.41) is 3.93. The molecule has 0 saturated carbocycles. The van der Waals surface area contributed by atoms with E-state index in [0.29, 0.717) is 5.92 Å². The maximum Gasteiger partial charge on any atom is 0.123 e. The van der Waals surface area contributed by atoms with Crippen molar-refractivity contribution in [3.63, 3.8) is 0 Å². The Bertz CT molecular complexity index is 3340. The normalized spacial score (nSPS) is 11.8. The number of rotatable bonds is 8. The van der Waals surface area contributed by atoms with Crippen LogP contribution in [-0.4, -0.2) is 22.6 Å². The smallest absolute Gasteiger partial charge is 0.123 e. The molecule has 10 aromatic rings. The Morgan fingerprint density at radius 3 is 2.18 bits per heavy atom. The van der Waals surface area contributed by atoms with Crippen LogP contribution in [0.15, 0.2) is 158 Å². The van der Waals surface area contributed by atoms with E-state index in [9.17, 15) is 4.39 Å². The van der Waals surface area contributed by atoms with Crippen molar-refractivity contribution in [2.45, 2.75) is 73.0 Å².